The van der Waals surface area contributed by atoms with E-state index >= 15 is 0 Å². The van der Waals surface area contributed by atoms with Crippen molar-refractivity contribution in [1.82, 2.24) is 15.0 Å². The second kappa shape index (κ2) is 2.96. The van der Waals surface area contributed by atoms with Gasteiger partial charge in [0, 0.05) is 5.54 Å². The maximum atomic E-state index is 5.61. The zero-order chi connectivity index (χ0) is 9.47. The summed E-state index contributed by atoms with van der Waals surface area (Å²) < 4.78 is 0. The van der Waals surface area contributed by atoms with Gasteiger partial charge in [0.25, 0.3) is 0 Å². The minimum absolute atomic E-state index is 0.117. The molecule has 0 unspecified atom stereocenters. The molecule has 0 radical (unpaired) electrons. The van der Waals surface area contributed by atoms with Crippen LogP contribution in [0.15, 0.2) is 0 Å². The summed E-state index contributed by atoms with van der Waals surface area (Å²) in [6, 6.07) is 0. The number of aromatic nitrogens is 3. The normalized spacial score (nSPS) is 18.4. The second-order valence-electron chi connectivity index (χ2n) is 3.38. The summed E-state index contributed by atoms with van der Waals surface area (Å²) in [5, 5.41) is 3.38. The SMILES string of the molecule is CC1(Nc2nc(Cl)nc(Cl)n2)CC1. The first-order valence-corrected chi connectivity index (χ1v) is 4.68. The number of nitrogens with one attached hydrogen (secondary N) is 1. The third kappa shape index (κ3) is 2.19. The fourth-order valence-corrected chi connectivity index (χ4v) is 1.33. The van der Waals surface area contributed by atoms with Crippen LogP contribution in [-0.4, -0.2) is 20.5 Å². The van der Waals surface area contributed by atoms with Crippen LogP contribution in [0.4, 0.5) is 5.95 Å². The molecule has 0 bridgehead atoms. The zero-order valence-electron chi connectivity index (χ0n) is 7.01. The molecule has 0 aliphatic heterocycles. The zero-order valence-corrected chi connectivity index (χ0v) is 8.52. The first kappa shape index (κ1) is 8.97. The Bertz CT molecular complexity index is 317. The van der Waals surface area contributed by atoms with E-state index in [1.165, 1.54) is 0 Å². The molecule has 1 aromatic heterocycles. The highest BCUT2D eigenvalue weighted by molar-refractivity contribution is 6.31. The molecule has 0 amide bonds. The molecular weight excluding hydrogens is 211 g/mol. The molecule has 1 saturated carbocycles. The number of nitrogens with zero attached hydrogens (tertiary/aromatic N) is 3. The van der Waals surface area contributed by atoms with Gasteiger partial charge in [0.15, 0.2) is 0 Å². The summed E-state index contributed by atoms with van der Waals surface area (Å²) in [5.41, 5.74) is 0.119. The molecule has 13 heavy (non-hydrogen) atoms. The fraction of sp³-hybridized carbons (Fsp3) is 0.571. The Morgan fingerprint density at radius 3 is 2.15 bits per heavy atom. The number of hydrogen-bond donors (Lipinski definition) is 1. The summed E-state index contributed by atoms with van der Waals surface area (Å²) in [6.07, 6.45) is 2.24. The van der Waals surface area contributed by atoms with Crippen LogP contribution in [0.25, 0.3) is 0 Å². The summed E-state index contributed by atoms with van der Waals surface area (Å²) in [4.78, 5) is 11.5. The van der Waals surface area contributed by atoms with Gasteiger partial charge in [-0.25, -0.2) is 0 Å². The second-order valence-corrected chi connectivity index (χ2v) is 4.06. The van der Waals surface area contributed by atoms with Crippen molar-refractivity contribution in [3.63, 3.8) is 0 Å². The Hall–Kier alpha value is -0.610. The van der Waals surface area contributed by atoms with Crippen molar-refractivity contribution in [3.05, 3.63) is 10.6 Å². The summed E-state index contributed by atoms with van der Waals surface area (Å²) >= 11 is 11.2. The molecule has 70 valence electrons. The quantitative estimate of drug-likeness (QED) is 0.827. The van der Waals surface area contributed by atoms with Gasteiger partial charge in [-0.3, -0.25) is 0 Å². The van der Waals surface area contributed by atoms with Gasteiger partial charge in [0.05, 0.1) is 0 Å². The van der Waals surface area contributed by atoms with Gasteiger partial charge in [-0.15, -0.1) is 0 Å². The predicted molar refractivity (Wildman–Crippen MR) is 51.1 cm³/mol. The number of hydrogen-bond acceptors (Lipinski definition) is 4. The molecular formula is C7H8Cl2N4. The molecule has 0 aromatic carbocycles. The first-order chi connectivity index (χ1) is 6.07. The van der Waals surface area contributed by atoms with Crippen LogP contribution in [0.5, 0.6) is 0 Å². The highest BCUT2D eigenvalue weighted by Gasteiger charge is 2.37. The molecule has 0 atom stereocenters. The van der Waals surface area contributed by atoms with Crippen molar-refractivity contribution in [2.24, 2.45) is 0 Å². The van der Waals surface area contributed by atoms with Crippen LogP contribution in [0.3, 0.4) is 0 Å². The minimum atomic E-state index is 0.117. The van der Waals surface area contributed by atoms with E-state index < -0.39 is 0 Å². The van der Waals surface area contributed by atoms with E-state index in [9.17, 15) is 0 Å². The van der Waals surface area contributed by atoms with E-state index in [1.807, 2.05) is 0 Å². The van der Waals surface area contributed by atoms with E-state index in [-0.39, 0.29) is 16.1 Å². The molecule has 4 nitrogen and oxygen atoms in total. The molecule has 0 spiro atoms. The Morgan fingerprint density at radius 2 is 1.69 bits per heavy atom. The topological polar surface area (TPSA) is 50.7 Å². The molecule has 2 rings (SSSR count). The van der Waals surface area contributed by atoms with Gasteiger partial charge in [0.1, 0.15) is 0 Å². The summed E-state index contributed by atoms with van der Waals surface area (Å²) in [5.74, 6) is 0.449. The van der Waals surface area contributed by atoms with Crippen molar-refractivity contribution in [1.29, 1.82) is 0 Å². The molecule has 6 heteroatoms. The van der Waals surface area contributed by atoms with Crippen LogP contribution in [0.2, 0.25) is 10.6 Å². The Morgan fingerprint density at radius 1 is 1.15 bits per heavy atom. The average molecular weight is 219 g/mol. The van der Waals surface area contributed by atoms with Gasteiger partial charge in [-0.05, 0) is 43.0 Å². The molecule has 1 aliphatic carbocycles. The number of halogens is 2. The standard InChI is InChI=1S/C7H8Cl2N4/c1-7(2-3-7)13-6-11-4(8)10-5(9)12-6/h2-3H2,1H3,(H,10,11,12,13). The summed E-state index contributed by atoms with van der Waals surface area (Å²) in [7, 11) is 0. The first-order valence-electron chi connectivity index (χ1n) is 3.93. The predicted octanol–water partition coefficient (Wildman–Crippen LogP) is 2.14. The van der Waals surface area contributed by atoms with E-state index in [1.54, 1.807) is 0 Å². The molecule has 0 saturated heterocycles. The molecule has 1 fully saturated rings. The average Bonchev–Trinajstić information content (AvgIpc) is 2.64. The monoisotopic (exact) mass is 218 g/mol. The molecule has 1 aromatic rings. The molecule has 1 N–H and O–H groups in total. The van der Waals surface area contributed by atoms with Crippen LogP contribution >= 0.6 is 23.2 Å². The van der Waals surface area contributed by atoms with Crippen LogP contribution in [0.1, 0.15) is 19.8 Å². The van der Waals surface area contributed by atoms with E-state index in [4.69, 9.17) is 23.2 Å². The van der Waals surface area contributed by atoms with Crippen LogP contribution in [-0.2, 0) is 0 Å². The lowest BCUT2D eigenvalue weighted by Gasteiger charge is -2.10. The molecule has 1 heterocycles. The largest absolute Gasteiger partial charge is 0.349 e. The van der Waals surface area contributed by atoms with Crippen molar-refractivity contribution in [3.8, 4) is 0 Å². The van der Waals surface area contributed by atoms with Crippen LogP contribution < -0.4 is 5.32 Å². The Balaban J connectivity index is 2.20. The van der Waals surface area contributed by atoms with E-state index in [2.05, 4.69) is 27.2 Å². The third-order valence-corrected chi connectivity index (χ3v) is 2.33. The Labute approximate surface area is 85.7 Å². The van der Waals surface area contributed by atoms with Crippen molar-refractivity contribution in [2.45, 2.75) is 25.3 Å². The minimum Gasteiger partial charge on any atom is -0.349 e. The smallest absolute Gasteiger partial charge is 0.228 e. The van der Waals surface area contributed by atoms with Crippen molar-refractivity contribution < 1.29 is 0 Å². The van der Waals surface area contributed by atoms with E-state index in [0.717, 1.165) is 12.8 Å². The Kier molecular flexibility index (Phi) is 2.04. The third-order valence-electron chi connectivity index (χ3n) is 1.99. The van der Waals surface area contributed by atoms with Gasteiger partial charge in [0.2, 0.25) is 16.5 Å². The highest BCUT2D eigenvalue weighted by Crippen LogP contribution is 2.37. The molecule has 1 aliphatic rings. The fourth-order valence-electron chi connectivity index (χ4n) is 0.964. The highest BCUT2D eigenvalue weighted by atomic mass is 35.5. The summed E-state index contributed by atoms with van der Waals surface area (Å²) in [6.45, 7) is 2.10. The maximum Gasteiger partial charge on any atom is 0.228 e. The van der Waals surface area contributed by atoms with Gasteiger partial charge in [-0.1, -0.05) is 0 Å². The lowest BCUT2D eigenvalue weighted by atomic mass is 10.3. The lowest BCUT2D eigenvalue weighted by molar-refractivity contribution is 0.805. The van der Waals surface area contributed by atoms with Gasteiger partial charge >= 0.3 is 0 Å². The maximum absolute atomic E-state index is 5.61. The lowest BCUT2D eigenvalue weighted by Crippen LogP contribution is -2.18. The van der Waals surface area contributed by atoms with Gasteiger partial charge in [-0.2, -0.15) is 15.0 Å². The number of rotatable bonds is 2. The van der Waals surface area contributed by atoms with E-state index in [0.29, 0.717) is 5.95 Å². The van der Waals surface area contributed by atoms with Crippen molar-refractivity contribution >= 4 is 29.2 Å². The number of anilines is 1. The van der Waals surface area contributed by atoms with Crippen LogP contribution in [0, 0.1) is 0 Å². The van der Waals surface area contributed by atoms with Crippen molar-refractivity contribution in [2.75, 3.05) is 5.32 Å². The van der Waals surface area contributed by atoms with Gasteiger partial charge < -0.3 is 5.32 Å².